The molecule has 1 aliphatic heterocycles. The smallest absolute Gasteiger partial charge is 0.407 e. The second-order valence-corrected chi connectivity index (χ2v) is 8.40. The molecular formula is C22H31NO3. The number of amides is 1. The predicted octanol–water partition coefficient (Wildman–Crippen LogP) is 4.35. The first-order valence-electron chi connectivity index (χ1n) is 10.3. The van der Waals surface area contributed by atoms with E-state index >= 15 is 0 Å². The molecule has 1 amide bonds. The maximum Gasteiger partial charge on any atom is 0.407 e. The van der Waals surface area contributed by atoms with E-state index in [2.05, 4.69) is 30.4 Å². The number of nitrogens with one attached hydrogen (secondary N) is 1. The summed E-state index contributed by atoms with van der Waals surface area (Å²) < 4.78 is 10.6. The molecule has 3 aliphatic rings. The lowest BCUT2D eigenvalue weighted by molar-refractivity contribution is 0.138. The first-order chi connectivity index (χ1) is 12.7. The molecule has 1 saturated carbocycles. The van der Waals surface area contributed by atoms with Crippen LogP contribution < -0.4 is 5.32 Å². The van der Waals surface area contributed by atoms with E-state index < -0.39 is 0 Å². The molecule has 0 radical (unpaired) electrons. The third-order valence-electron chi connectivity index (χ3n) is 6.59. The SMILES string of the molecule is CCOCCCC1CCc2cc([C@@H]3CC[C@]4(COC(=O)N4)C3)ccc2C1. The zero-order chi connectivity index (χ0) is 18.0. The monoisotopic (exact) mass is 357 g/mol. The minimum atomic E-state index is -0.244. The Morgan fingerprint density at radius 2 is 2.23 bits per heavy atom. The van der Waals surface area contributed by atoms with Gasteiger partial charge in [0.25, 0.3) is 0 Å². The molecule has 2 aliphatic carbocycles. The number of ether oxygens (including phenoxy) is 2. The van der Waals surface area contributed by atoms with Crippen LogP contribution in [0.4, 0.5) is 4.79 Å². The highest BCUT2D eigenvalue weighted by atomic mass is 16.6. The quantitative estimate of drug-likeness (QED) is 0.770. The summed E-state index contributed by atoms with van der Waals surface area (Å²) in [7, 11) is 0. The Hall–Kier alpha value is -1.55. The molecule has 26 heavy (non-hydrogen) atoms. The van der Waals surface area contributed by atoms with Crippen LogP contribution >= 0.6 is 0 Å². The summed E-state index contributed by atoms with van der Waals surface area (Å²) in [5, 5.41) is 3.05. The number of hydrogen-bond donors (Lipinski definition) is 1. The molecule has 4 rings (SSSR count). The van der Waals surface area contributed by atoms with E-state index in [9.17, 15) is 4.79 Å². The normalized spacial score (nSPS) is 30.3. The van der Waals surface area contributed by atoms with Crippen LogP contribution in [0.1, 0.15) is 68.1 Å². The van der Waals surface area contributed by atoms with Crippen molar-refractivity contribution in [2.24, 2.45) is 5.92 Å². The van der Waals surface area contributed by atoms with Gasteiger partial charge in [0, 0.05) is 13.2 Å². The van der Waals surface area contributed by atoms with Crippen LogP contribution in [-0.2, 0) is 22.3 Å². The van der Waals surface area contributed by atoms with E-state index in [1.54, 1.807) is 11.1 Å². The van der Waals surface area contributed by atoms with Gasteiger partial charge < -0.3 is 14.8 Å². The van der Waals surface area contributed by atoms with Crippen LogP contribution in [0.3, 0.4) is 0 Å². The van der Waals surface area contributed by atoms with Gasteiger partial charge in [-0.05, 0) is 86.8 Å². The van der Waals surface area contributed by atoms with Crippen LogP contribution in [-0.4, -0.2) is 31.5 Å². The van der Waals surface area contributed by atoms with Crippen LogP contribution in [0, 0.1) is 5.92 Å². The lowest BCUT2D eigenvalue weighted by Gasteiger charge is -2.26. The number of carbonyl (C=O) groups excluding carboxylic acids is 1. The van der Waals surface area contributed by atoms with Crippen LogP contribution in [0.2, 0.25) is 0 Å². The van der Waals surface area contributed by atoms with Gasteiger partial charge in [-0.3, -0.25) is 0 Å². The number of alkyl carbamates (subject to hydrolysis) is 1. The molecule has 0 aromatic heterocycles. The number of fused-ring (bicyclic) bond motifs is 1. The lowest BCUT2D eigenvalue weighted by Crippen LogP contribution is -2.40. The standard InChI is InChI=1S/C22H31NO3/c1-2-25-11-3-4-16-5-6-18-13-19(8-7-17(18)12-16)20-9-10-22(14-20)15-26-21(24)23-22/h7-8,13,16,20H,2-6,9-12,14-15H2,1H3,(H,23,24)/t16?,20-,22-/m1/s1. The van der Waals surface area contributed by atoms with E-state index in [-0.39, 0.29) is 11.6 Å². The predicted molar refractivity (Wildman–Crippen MR) is 101 cm³/mol. The third-order valence-corrected chi connectivity index (χ3v) is 6.59. The second kappa shape index (κ2) is 7.59. The molecule has 1 spiro atoms. The third kappa shape index (κ3) is 3.75. The highest BCUT2D eigenvalue weighted by Gasteiger charge is 2.46. The summed E-state index contributed by atoms with van der Waals surface area (Å²) in [6.07, 6.45) is 9.14. The van der Waals surface area contributed by atoms with Crippen molar-refractivity contribution in [1.29, 1.82) is 0 Å². The van der Waals surface area contributed by atoms with Crippen molar-refractivity contribution in [1.82, 2.24) is 5.32 Å². The van der Waals surface area contributed by atoms with E-state index in [1.807, 2.05) is 0 Å². The number of aryl methyl sites for hydroxylation is 1. The summed E-state index contributed by atoms with van der Waals surface area (Å²) >= 11 is 0. The van der Waals surface area contributed by atoms with Crippen molar-refractivity contribution in [3.05, 3.63) is 34.9 Å². The fourth-order valence-corrected chi connectivity index (χ4v) is 5.12. The van der Waals surface area contributed by atoms with Gasteiger partial charge in [-0.1, -0.05) is 18.2 Å². The second-order valence-electron chi connectivity index (χ2n) is 8.40. The Morgan fingerprint density at radius 3 is 3.04 bits per heavy atom. The van der Waals surface area contributed by atoms with Crippen molar-refractivity contribution in [2.45, 2.75) is 69.7 Å². The highest BCUT2D eigenvalue weighted by Crippen LogP contribution is 2.43. The van der Waals surface area contributed by atoms with E-state index in [1.165, 1.54) is 37.7 Å². The molecule has 4 heteroatoms. The zero-order valence-corrected chi connectivity index (χ0v) is 15.9. The van der Waals surface area contributed by atoms with Gasteiger partial charge in [-0.25, -0.2) is 4.79 Å². The zero-order valence-electron chi connectivity index (χ0n) is 15.9. The van der Waals surface area contributed by atoms with Gasteiger partial charge in [0.15, 0.2) is 0 Å². The molecular weight excluding hydrogens is 326 g/mol. The number of rotatable bonds is 6. The van der Waals surface area contributed by atoms with Gasteiger partial charge in [0.2, 0.25) is 0 Å². The Kier molecular flexibility index (Phi) is 5.21. The fraction of sp³-hybridized carbons (Fsp3) is 0.682. The average molecular weight is 357 g/mol. The van der Waals surface area contributed by atoms with Gasteiger partial charge in [0.1, 0.15) is 6.61 Å². The Labute approximate surface area is 156 Å². The number of benzene rings is 1. The summed E-state index contributed by atoms with van der Waals surface area (Å²) in [6, 6.07) is 7.16. The summed E-state index contributed by atoms with van der Waals surface area (Å²) in [5.41, 5.74) is 4.45. The first-order valence-corrected chi connectivity index (χ1v) is 10.3. The topological polar surface area (TPSA) is 47.6 Å². The minimum Gasteiger partial charge on any atom is -0.447 e. The van der Waals surface area contributed by atoms with E-state index in [0.29, 0.717) is 12.5 Å². The summed E-state index contributed by atoms with van der Waals surface area (Å²) in [4.78, 5) is 11.4. The highest BCUT2D eigenvalue weighted by molar-refractivity contribution is 5.70. The number of hydrogen-bond acceptors (Lipinski definition) is 3. The van der Waals surface area contributed by atoms with Gasteiger partial charge in [-0.15, -0.1) is 0 Å². The molecule has 1 aromatic carbocycles. The minimum absolute atomic E-state index is 0.108. The van der Waals surface area contributed by atoms with Crippen LogP contribution in [0.15, 0.2) is 18.2 Å². The van der Waals surface area contributed by atoms with Crippen LogP contribution in [0.25, 0.3) is 0 Å². The Bertz CT molecular complexity index is 659. The number of carbonyl (C=O) groups is 1. The largest absolute Gasteiger partial charge is 0.447 e. The molecule has 1 unspecified atom stereocenters. The molecule has 0 bridgehead atoms. The molecule has 4 nitrogen and oxygen atoms in total. The molecule has 142 valence electrons. The van der Waals surface area contributed by atoms with Crippen molar-refractivity contribution in [3.63, 3.8) is 0 Å². The Balaban J connectivity index is 1.36. The van der Waals surface area contributed by atoms with Crippen molar-refractivity contribution in [2.75, 3.05) is 19.8 Å². The summed E-state index contributed by atoms with van der Waals surface area (Å²) in [5.74, 6) is 1.36. The van der Waals surface area contributed by atoms with Gasteiger partial charge >= 0.3 is 6.09 Å². The van der Waals surface area contributed by atoms with Gasteiger partial charge in [-0.2, -0.15) is 0 Å². The van der Waals surface area contributed by atoms with Crippen molar-refractivity contribution in [3.8, 4) is 0 Å². The first kappa shape index (κ1) is 17.8. The lowest BCUT2D eigenvalue weighted by atomic mass is 9.80. The number of cyclic esters (lactones) is 1. The molecule has 1 aromatic rings. The average Bonchev–Trinajstić information content (AvgIpc) is 3.24. The van der Waals surface area contributed by atoms with Crippen molar-refractivity contribution < 1.29 is 14.3 Å². The molecule has 1 heterocycles. The molecule has 2 fully saturated rings. The fourth-order valence-electron chi connectivity index (χ4n) is 5.12. The summed E-state index contributed by atoms with van der Waals surface area (Å²) in [6.45, 7) is 4.34. The molecule has 1 N–H and O–H groups in total. The van der Waals surface area contributed by atoms with Gasteiger partial charge in [0.05, 0.1) is 5.54 Å². The molecule has 3 atom stereocenters. The Morgan fingerprint density at radius 1 is 1.31 bits per heavy atom. The maximum absolute atomic E-state index is 11.4. The molecule has 1 saturated heterocycles. The maximum atomic E-state index is 11.4. The van der Waals surface area contributed by atoms with E-state index in [0.717, 1.165) is 38.4 Å². The van der Waals surface area contributed by atoms with E-state index in [4.69, 9.17) is 9.47 Å². The van der Waals surface area contributed by atoms with Crippen LogP contribution in [0.5, 0.6) is 0 Å². The van der Waals surface area contributed by atoms with Crippen molar-refractivity contribution >= 4 is 6.09 Å².